The predicted molar refractivity (Wildman–Crippen MR) is 158 cm³/mol. The molecular formula is C31H48N4O2. The number of rotatable bonds is 7. The second kappa shape index (κ2) is 16.9. The SMILES string of the molecule is CC(=O)c1ccc(N2CCNCC2)cc1.CCCC.CCCN1CCN(c2ccc(C(C)=O)cc2)CC1. The first-order chi connectivity index (χ1) is 17.9. The quantitative estimate of drug-likeness (QED) is 0.497. The number of hydrogen-bond donors (Lipinski definition) is 1. The van der Waals surface area contributed by atoms with Crippen molar-refractivity contribution in [2.45, 2.75) is 53.9 Å². The third kappa shape index (κ3) is 10.7. The lowest BCUT2D eigenvalue weighted by molar-refractivity contribution is 0.100. The van der Waals surface area contributed by atoms with Gasteiger partial charge in [0.25, 0.3) is 0 Å². The highest BCUT2D eigenvalue weighted by Crippen LogP contribution is 2.18. The third-order valence-electron chi connectivity index (χ3n) is 6.81. The van der Waals surface area contributed by atoms with Gasteiger partial charge in [-0.2, -0.15) is 0 Å². The van der Waals surface area contributed by atoms with Gasteiger partial charge in [0.05, 0.1) is 0 Å². The average molecular weight is 509 g/mol. The summed E-state index contributed by atoms with van der Waals surface area (Å²) in [5.74, 6) is 0.260. The zero-order chi connectivity index (χ0) is 27.0. The number of anilines is 2. The lowest BCUT2D eigenvalue weighted by Gasteiger charge is -2.36. The number of carbonyl (C=O) groups is 2. The highest BCUT2D eigenvalue weighted by atomic mass is 16.1. The summed E-state index contributed by atoms with van der Waals surface area (Å²) in [7, 11) is 0. The van der Waals surface area contributed by atoms with Crippen LogP contribution in [0, 0.1) is 0 Å². The van der Waals surface area contributed by atoms with Crippen LogP contribution in [-0.4, -0.2) is 75.4 Å². The van der Waals surface area contributed by atoms with Gasteiger partial charge < -0.3 is 15.1 Å². The number of Topliss-reactive ketones (excluding diaryl/α,β-unsaturated/α-hetero) is 2. The Bertz CT molecular complexity index is 911. The van der Waals surface area contributed by atoms with Crippen molar-refractivity contribution >= 4 is 22.9 Å². The van der Waals surface area contributed by atoms with Gasteiger partial charge in [-0.05, 0) is 75.3 Å². The molecule has 0 aromatic heterocycles. The topological polar surface area (TPSA) is 55.9 Å². The van der Waals surface area contributed by atoms with E-state index in [0.29, 0.717) is 0 Å². The highest BCUT2D eigenvalue weighted by molar-refractivity contribution is 5.94. The number of hydrogen-bond acceptors (Lipinski definition) is 6. The fourth-order valence-corrected chi connectivity index (χ4v) is 4.28. The number of unbranched alkanes of at least 4 members (excludes halogenated alkanes) is 1. The third-order valence-corrected chi connectivity index (χ3v) is 6.81. The standard InChI is InChI=1S/C15H22N2O.C12H16N2O.C4H10/c1-3-8-16-9-11-17(12-10-16)15-6-4-14(5-7-15)13(2)18;1-10(15)11-2-4-12(5-3-11)14-8-6-13-7-9-14;1-3-4-2/h4-7H,3,8-12H2,1-2H3;2-5,13H,6-9H2,1H3;3-4H2,1-2H3. The summed E-state index contributed by atoms with van der Waals surface area (Å²) < 4.78 is 0. The fraction of sp³-hybridized carbons (Fsp3) is 0.548. The molecule has 1 N–H and O–H groups in total. The van der Waals surface area contributed by atoms with Crippen LogP contribution >= 0.6 is 0 Å². The number of nitrogens with one attached hydrogen (secondary N) is 1. The van der Waals surface area contributed by atoms with Crippen molar-refractivity contribution in [3.8, 4) is 0 Å². The lowest BCUT2D eigenvalue weighted by Crippen LogP contribution is -2.46. The molecule has 0 amide bonds. The Morgan fingerprint density at radius 1 is 0.622 bits per heavy atom. The second-order valence-corrected chi connectivity index (χ2v) is 9.77. The molecule has 2 aromatic rings. The monoisotopic (exact) mass is 508 g/mol. The summed E-state index contributed by atoms with van der Waals surface area (Å²) in [6, 6.07) is 15.8. The first-order valence-electron chi connectivity index (χ1n) is 14.0. The molecule has 2 aliphatic heterocycles. The fourth-order valence-electron chi connectivity index (χ4n) is 4.28. The van der Waals surface area contributed by atoms with Crippen LogP contribution in [0.2, 0.25) is 0 Å². The van der Waals surface area contributed by atoms with Crippen molar-refractivity contribution in [1.29, 1.82) is 0 Å². The van der Waals surface area contributed by atoms with E-state index in [1.807, 2.05) is 36.4 Å². The Morgan fingerprint density at radius 3 is 1.38 bits per heavy atom. The van der Waals surface area contributed by atoms with Crippen LogP contribution in [-0.2, 0) is 0 Å². The van der Waals surface area contributed by atoms with Gasteiger partial charge in [0.2, 0.25) is 0 Å². The van der Waals surface area contributed by atoms with E-state index in [1.54, 1.807) is 13.8 Å². The minimum Gasteiger partial charge on any atom is -0.369 e. The smallest absolute Gasteiger partial charge is 0.159 e. The van der Waals surface area contributed by atoms with E-state index in [1.165, 1.54) is 37.2 Å². The first kappa shape index (κ1) is 30.5. The van der Waals surface area contributed by atoms with E-state index in [-0.39, 0.29) is 11.6 Å². The van der Waals surface area contributed by atoms with E-state index < -0.39 is 0 Å². The van der Waals surface area contributed by atoms with Gasteiger partial charge in [0, 0.05) is 74.9 Å². The molecule has 2 saturated heterocycles. The predicted octanol–water partition coefficient (Wildman–Crippen LogP) is 5.53. The van der Waals surface area contributed by atoms with Gasteiger partial charge in [0.1, 0.15) is 0 Å². The molecule has 2 aromatic carbocycles. The minimum atomic E-state index is 0.127. The van der Waals surface area contributed by atoms with Crippen LogP contribution in [0.25, 0.3) is 0 Å². The number of nitrogens with zero attached hydrogens (tertiary/aromatic N) is 3. The summed E-state index contributed by atoms with van der Waals surface area (Å²) in [6.45, 7) is 19.6. The summed E-state index contributed by atoms with van der Waals surface area (Å²) >= 11 is 0. The van der Waals surface area contributed by atoms with Crippen molar-refractivity contribution < 1.29 is 9.59 Å². The zero-order valence-corrected chi connectivity index (χ0v) is 23.8. The molecule has 0 spiro atoms. The molecule has 0 bridgehead atoms. The van der Waals surface area contributed by atoms with Crippen LogP contribution in [0.5, 0.6) is 0 Å². The normalized spacial score (nSPS) is 15.7. The largest absolute Gasteiger partial charge is 0.369 e. The molecule has 0 unspecified atom stereocenters. The second-order valence-electron chi connectivity index (χ2n) is 9.77. The summed E-state index contributed by atoms with van der Waals surface area (Å²) in [6.07, 6.45) is 3.87. The lowest BCUT2D eigenvalue weighted by atomic mass is 10.1. The van der Waals surface area contributed by atoms with E-state index in [9.17, 15) is 9.59 Å². The summed E-state index contributed by atoms with van der Waals surface area (Å²) in [5.41, 5.74) is 4.02. The molecule has 0 atom stereocenters. The molecule has 6 heteroatoms. The van der Waals surface area contributed by atoms with Crippen molar-refractivity contribution in [2.75, 3.05) is 68.7 Å². The van der Waals surface area contributed by atoms with Crippen molar-refractivity contribution in [3.05, 3.63) is 59.7 Å². The zero-order valence-electron chi connectivity index (χ0n) is 23.8. The maximum atomic E-state index is 11.2. The Balaban J connectivity index is 0.000000230. The number of piperazine rings is 2. The molecule has 2 heterocycles. The molecular weight excluding hydrogens is 460 g/mol. The van der Waals surface area contributed by atoms with E-state index in [2.05, 4.69) is 52.9 Å². The van der Waals surface area contributed by atoms with Gasteiger partial charge >= 0.3 is 0 Å². The molecule has 37 heavy (non-hydrogen) atoms. The van der Waals surface area contributed by atoms with Crippen LogP contribution < -0.4 is 15.1 Å². The van der Waals surface area contributed by atoms with Gasteiger partial charge in [-0.3, -0.25) is 14.5 Å². The van der Waals surface area contributed by atoms with Crippen LogP contribution in [0.3, 0.4) is 0 Å². The molecule has 4 rings (SSSR count). The molecule has 6 nitrogen and oxygen atoms in total. The first-order valence-corrected chi connectivity index (χ1v) is 14.0. The van der Waals surface area contributed by atoms with Crippen LogP contribution in [0.1, 0.15) is 74.6 Å². The molecule has 0 saturated carbocycles. The Hall–Kier alpha value is -2.70. The van der Waals surface area contributed by atoms with Crippen molar-refractivity contribution in [2.24, 2.45) is 0 Å². The maximum Gasteiger partial charge on any atom is 0.159 e. The Labute approximate surface area is 225 Å². The van der Waals surface area contributed by atoms with Gasteiger partial charge in [-0.25, -0.2) is 0 Å². The van der Waals surface area contributed by atoms with Gasteiger partial charge in [-0.1, -0.05) is 33.6 Å². The Kier molecular flexibility index (Phi) is 14.0. The van der Waals surface area contributed by atoms with Gasteiger partial charge in [-0.15, -0.1) is 0 Å². The van der Waals surface area contributed by atoms with E-state index in [4.69, 9.17) is 0 Å². The summed E-state index contributed by atoms with van der Waals surface area (Å²) in [5, 5.41) is 3.32. The number of carbonyl (C=O) groups excluding carboxylic acids is 2. The number of ketones is 2. The highest BCUT2D eigenvalue weighted by Gasteiger charge is 2.16. The van der Waals surface area contributed by atoms with Crippen molar-refractivity contribution in [3.63, 3.8) is 0 Å². The van der Waals surface area contributed by atoms with Crippen LogP contribution in [0.15, 0.2) is 48.5 Å². The Morgan fingerprint density at radius 2 is 1.03 bits per heavy atom. The minimum absolute atomic E-state index is 0.127. The maximum absolute atomic E-state index is 11.2. The molecule has 2 fully saturated rings. The van der Waals surface area contributed by atoms with E-state index >= 15 is 0 Å². The molecule has 0 radical (unpaired) electrons. The van der Waals surface area contributed by atoms with Crippen molar-refractivity contribution in [1.82, 2.24) is 10.2 Å². The number of benzene rings is 2. The molecule has 204 valence electrons. The molecule has 0 aliphatic carbocycles. The van der Waals surface area contributed by atoms with Crippen LogP contribution in [0.4, 0.5) is 11.4 Å². The summed E-state index contributed by atoms with van der Waals surface area (Å²) in [4.78, 5) is 29.6. The molecule has 2 aliphatic rings. The van der Waals surface area contributed by atoms with Gasteiger partial charge in [0.15, 0.2) is 11.6 Å². The van der Waals surface area contributed by atoms with E-state index in [0.717, 1.165) is 63.5 Å². The average Bonchev–Trinajstić information content (AvgIpc) is 2.95.